The Bertz CT molecular complexity index is 1470. The van der Waals surface area contributed by atoms with Crippen LogP contribution in [0.25, 0.3) is 6.08 Å². The van der Waals surface area contributed by atoms with Crippen LogP contribution >= 0.6 is 11.6 Å². The zero-order valence-corrected chi connectivity index (χ0v) is 21.0. The van der Waals surface area contributed by atoms with Crippen molar-refractivity contribution in [1.29, 1.82) is 0 Å². The molecule has 5 amide bonds. The number of methoxy groups -OCH3 is 1. The van der Waals surface area contributed by atoms with Crippen molar-refractivity contribution < 1.29 is 33.8 Å². The van der Waals surface area contributed by atoms with Crippen LogP contribution in [0.4, 0.5) is 16.2 Å². The van der Waals surface area contributed by atoms with E-state index in [1.807, 2.05) is 25.1 Å². The first-order chi connectivity index (χ1) is 18.2. The van der Waals surface area contributed by atoms with Crippen LogP contribution in [0.1, 0.15) is 11.1 Å². The second-order valence-corrected chi connectivity index (χ2v) is 8.62. The summed E-state index contributed by atoms with van der Waals surface area (Å²) in [6.07, 6.45) is 1.25. The maximum Gasteiger partial charge on any atom is 0.335 e. The number of amides is 5. The van der Waals surface area contributed by atoms with Gasteiger partial charge in [-0.25, -0.2) is 9.69 Å². The number of imide groups is 2. The topological polar surface area (TPSA) is 134 Å². The van der Waals surface area contributed by atoms with Crippen LogP contribution in [-0.2, 0) is 14.4 Å². The lowest BCUT2D eigenvalue weighted by Gasteiger charge is -2.26. The number of urea groups is 1. The third kappa shape index (κ3) is 5.76. The molecule has 0 atom stereocenters. The van der Waals surface area contributed by atoms with E-state index in [1.54, 1.807) is 6.07 Å². The fourth-order valence-corrected chi connectivity index (χ4v) is 3.95. The van der Waals surface area contributed by atoms with Crippen molar-refractivity contribution in [1.82, 2.24) is 5.32 Å². The molecule has 11 heteroatoms. The quantitative estimate of drug-likeness (QED) is 0.307. The van der Waals surface area contributed by atoms with Gasteiger partial charge in [-0.15, -0.1) is 0 Å². The molecule has 1 heterocycles. The Kier molecular flexibility index (Phi) is 7.63. The van der Waals surface area contributed by atoms with Gasteiger partial charge in [0.05, 0.1) is 17.8 Å². The summed E-state index contributed by atoms with van der Waals surface area (Å²) in [6.45, 7) is 1.55. The molecular formula is C27H22ClN3O7. The average molecular weight is 536 g/mol. The van der Waals surface area contributed by atoms with Gasteiger partial charge in [-0.05, 0) is 72.7 Å². The molecule has 10 nitrogen and oxygen atoms in total. The van der Waals surface area contributed by atoms with Gasteiger partial charge in [0.15, 0.2) is 18.1 Å². The molecule has 1 saturated heterocycles. The maximum atomic E-state index is 13.1. The van der Waals surface area contributed by atoms with E-state index < -0.39 is 23.8 Å². The number of hydrogen-bond donors (Lipinski definition) is 3. The summed E-state index contributed by atoms with van der Waals surface area (Å²) in [5.74, 6) is -1.98. The van der Waals surface area contributed by atoms with E-state index >= 15 is 0 Å². The highest BCUT2D eigenvalue weighted by atomic mass is 35.5. The number of barbiturate groups is 1. The SMILES string of the molecule is COc1cc(/C=C2\C(=O)NC(=O)N(c3ccc(O)cc3)C2=O)cc(Cl)c1OCC(=O)Nc1cccc(C)c1. The van der Waals surface area contributed by atoms with Crippen LogP contribution in [0.3, 0.4) is 0 Å². The zero-order valence-electron chi connectivity index (χ0n) is 20.3. The van der Waals surface area contributed by atoms with Crippen molar-refractivity contribution >= 4 is 52.8 Å². The molecule has 4 rings (SSSR count). The van der Waals surface area contributed by atoms with E-state index in [2.05, 4.69) is 10.6 Å². The summed E-state index contributed by atoms with van der Waals surface area (Å²) in [5.41, 5.74) is 1.74. The molecule has 0 spiro atoms. The molecule has 1 aliphatic heterocycles. The first-order valence-corrected chi connectivity index (χ1v) is 11.6. The number of benzene rings is 3. The molecule has 0 bridgehead atoms. The number of phenols is 1. The molecule has 0 aliphatic carbocycles. The smallest absolute Gasteiger partial charge is 0.335 e. The van der Waals surface area contributed by atoms with Crippen LogP contribution in [-0.4, -0.2) is 42.6 Å². The average Bonchev–Trinajstić information content (AvgIpc) is 2.86. The molecule has 0 radical (unpaired) electrons. The molecule has 0 aromatic heterocycles. The molecule has 1 fully saturated rings. The second-order valence-electron chi connectivity index (χ2n) is 8.21. The van der Waals surface area contributed by atoms with Crippen LogP contribution in [0, 0.1) is 6.92 Å². The minimum Gasteiger partial charge on any atom is -0.508 e. The van der Waals surface area contributed by atoms with E-state index in [4.69, 9.17) is 21.1 Å². The van der Waals surface area contributed by atoms with E-state index in [1.165, 1.54) is 49.6 Å². The summed E-state index contributed by atoms with van der Waals surface area (Å²) in [4.78, 5) is 51.0. The number of carbonyl (C=O) groups is 4. The Balaban J connectivity index is 1.55. The number of halogens is 1. The number of anilines is 2. The number of nitrogens with one attached hydrogen (secondary N) is 2. The number of hydrogen-bond acceptors (Lipinski definition) is 7. The third-order valence-corrected chi connectivity index (χ3v) is 5.70. The van der Waals surface area contributed by atoms with Gasteiger partial charge in [-0.2, -0.15) is 0 Å². The molecular weight excluding hydrogens is 514 g/mol. The lowest BCUT2D eigenvalue weighted by molar-refractivity contribution is -0.122. The molecule has 3 aromatic rings. The highest BCUT2D eigenvalue weighted by Gasteiger charge is 2.36. The number of phenolic OH excluding ortho intramolecular Hbond substituents is 1. The zero-order chi connectivity index (χ0) is 27.4. The van der Waals surface area contributed by atoms with Gasteiger partial charge in [0.25, 0.3) is 17.7 Å². The maximum absolute atomic E-state index is 13.1. The van der Waals surface area contributed by atoms with Crippen LogP contribution in [0.2, 0.25) is 5.02 Å². The van der Waals surface area contributed by atoms with Crippen molar-refractivity contribution in [3.63, 3.8) is 0 Å². The molecule has 0 unspecified atom stereocenters. The predicted octanol–water partition coefficient (Wildman–Crippen LogP) is 4.05. The van der Waals surface area contributed by atoms with Gasteiger partial charge in [0.1, 0.15) is 11.3 Å². The van der Waals surface area contributed by atoms with Gasteiger partial charge in [0.2, 0.25) is 0 Å². The second kappa shape index (κ2) is 11.1. The van der Waals surface area contributed by atoms with Crippen molar-refractivity contribution in [3.05, 3.63) is 82.4 Å². The van der Waals surface area contributed by atoms with Gasteiger partial charge in [-0.3, -0.25) is 19.7 Å². The molecule has 3 aromatic carbocycles. The van der Waals surface area contributed by atoms with Crippen molar-refractivity contribution in [3.8, 4) is 17.2 Å². The van der Waals surface area contributed by atoms with Crippen LogP contribution in [0.5, 0.6) is 17.2 Å². The van der Waals surface area contributed by atoms with Crippen molar-refractivity contribution in [2.24, 2.45) is 0 Å². The molecule has 0 saturated carbocycles. The highest BCUT2D eigenvalue weighted by Crippen LogP contribution is 2.37. The summed E-state index contributed by atoms with van der Waals surface area (Å²) in [6, 6.07) is 14.6. The standard InChI is InChI=1S/C27H22ClN3O7/c1-15-4-3-5-17(10-15)29-23(33)14-38-24-21(28)12-16(13-22(24)37-2)11-20-25(34)30-27(36)31(26(20)35)18-6-8-19(32)9-7-18/h3-13,32H,14H2,1-2H3,(H,29,33)(H,30,34,36)/b20-11+. The number of ether oxygens (including phenoxy) is 2. The number of aryl methyl sites for hydroxylation is 1. The Morgan fingerprint density at radius 3 is 2.53 bits per heavy atom. The van der Waals surface area contributed by atoms with E-state index in [0.29, 0.717) is 11.3 Å². The number of nitrogens with zero attached hydrogens (tertiary/aromatic N) is 1. The van der Waals surface area contributed by atoms with Crippen molar-refractivity contribution in [2.75, 3.05) is 23.9 Å². The summed E-state index contributed by atoms with van der Waals surface area (Å²) < 4.78 is 11.0. The molecule has 1 aliphatic rings. The summed E-state index contributed by atoms with van der Waals surface area (Å²) >= 11 is 6.39. The Labute approximate surface area is 222 Å². The third-order valence-electron chi connectivity index (χ3n) is 5.42. The monoisotopic (exact) mass is 535 g/mol. The summed E-state index contributed by atoms with van der Waals surface area (Å²) in [7, 11) is 1.37. The Morgan fingerprint density at radius 2 is 1.84 bits per heavy atom. The predicted molar refractivity (Wildman–Crippen MR) is 140 cm³/mol. The number of carbonyl (C=O) groups excluding carboxylic acids is 4. The molecule has 38 heavy (non-hydrogen) atoms. The van der Waals surface area contributed by atoms with E-state index in [9.17, 15) is 24.3 Å². The number of aromatic hydroxyl groups is 1. The lowest BCUT2D eigenvalue weighted by atomic mass is 10.1. The van der Waals surface area contributed by atoms with Crippen molar-refractivity contribution in [2.45, 2.75) is 6.92 Å². The highest BCUT2D eigenvalue weighted by molar-refractivity contribution is 6.39. The van der Waals surface area contributed by atoms with Crippen LogP contribution in [0.15, 0.2) is 66.2 Å². The molecule has 3 N–H and O–H groups in total. The largest absolute Gasteiger partial charge is 0.508 e. The van der Waals surface area contributed by atoms with Gasteiger partial charge >= 0.3 is 6.03 Å². The number of rotatable bonds is 7. The van der Waals surface area contributed by atoms with Gasteiger partial charge in [0, 0.05) is 5.69 Å². The fourth-order valence-electron chi connectivity index (χ4n) is 3.68. The normalized spacial score (nSPS) is 14.3. The summed E-state index contributed by atoms with van der Waals surface area (Å²) in [5, 5.41) is 14.4. The van der Waals surface area contributed by atoms with E-state index in [0.717, 1.165) is 10.5 Å². The van der Waals surface area contributed by atoms with Crippen LogP contribution < -0.4 is 25.0 Å². The Hall–Kier alpha value is -4.83. The minimum absolute atomic E-state index is 0.0536. The van der Waals surface area contributed by atoms with Gasteiger partial charge < -0.3 is 19.9 Å². The molecule has 194 valence electrons. The first-order valence-electron chi connectivity index (χ1n) is 11.2. The first kappa shape index (κ1) is 26.2. The Morgan fingerprint density at radius 1 is 1.11 bits per heavy atom. The van der Waals surface area contributed by atoms with E-state index in [-0.39, 0.29) is 40.1 Å². The fraction of sp³-hybridized carbons (Fsp3) is 0.111. The minimum atomic E-state index is -0.925. The van der Waals surface area contributed by atoms with Gasteiger partial charge in [-0.1, -0.05) is 23.7 Å². The lowest BCUT2D eigenvalue weighted by Crippen LogP contribution is -2.54.